The van der Waals surface area contributed by atoms with Crippen molar-refractivity contribution in [1.29, 1.82) is 0 Å². The average Bonchev–Trinajstić information content (AvgIpc) is 3.15. The Morgan fingerprint density at radius 1 is 1.10 bits per heavy atom. The summed E-state index contributed by atoms with van der Waals surface area (Å²) in [5.41, 5.74) is 4.01. The molecule has 3 rings (SSSR count). The van der Waals surface area contributed by atoms with E-state index in [2.05, 4.69) is 15.5 Å². The molecule has 1 atom stereocenters. The zero-order valence-electron chi connectivity index (χ0n) is 18.3. The number of carbonyl (C=O) groups is 2. The van der Waals surface area contributed by atoms with Crippen molar-refractivity contribution in [3.63, 3.8) is 0 Å². The zero-order valence-corrected chi connectivity index (χ0v) is 19.1. The quantitative estimate of drug-likeness (QED) is 0.432. The summed E-state index contributed by atoms with van der Waals surface area (Å²) in [5, 5.41) is 11.9. The number of carbonyl (C=O) groups excluding carboxylic acids is 2. The average molecular weight is 439 g/mol. The van der Waals surface area contributed by atoms with E-state index in [1.807, 2.05) is 68.8 Å². The van der Waals surface area contributed by atoms with E-state index < -0.39 is 12.1 Å². The van der Waals surface area contributed by atoms with Gasteiger partial charge in [-0.1, -0.05) is 30.8 Å². The number of anilines is 1. The zero-order chi connectivity index (χ0) is 22.5. The minimum absolute atomic E-state index is 0.342. The molecule has 1 amide bonds. The van der Waals surface area contributed by atoms with E-state index in [9.17, 15) is 9.59 Å². The van der Waals surface area contributed by atoms with Crippen LogP contribution in [-0.4, -0.2) is 39.0 Å². The van der Waals surface area contributed by atoms with E-state index in [0.717, 1.165) is 33.5 Å². The maximum absolute atomic E-state index is 12.7. The number of thioether (sulfide) groups is 1. The number of nitrogens with one attached hydrogen (secondary N) is 1. The van der Waals surface area contributed by atoms with Gasteiger partial charge in [-0.2, -0.15) is 0 Å². The molecule has 1 unspecified atom stereocenters. The molecule has 0 fully saturated rings. The van der Waals surface area contributed by atoms with Gasteiger partial charge in [0.1, 0.15) is 5.82 Å². The van der Waals surface area contributed by atoms with Crippen LogP contribution in [0.5, 0.6) is 0 Å². The van der Waals surface area contributed by atoms with Gasteiger partial charge >= 0.3 is 5.97 Å². The summed E-state index contributed by atoms with van der Waals surface area (Å²) in [6.07, 6.45) is 1.42. The van der Waals surface area contributed by atoms with Crippen molar-refractivity contribution in [2.24, 2.45) is 0 Å². The first-order valence-corrected chi connectivity index (χ1v) is 11.2. The van der Waals surface area contributed by atoms with Crippen molar-refractivity contribution in [1.82, 2.24) is 14.8 Å². The highest BCUT2D eigenvalue weighted by molar-refractivity contribution is 7.98. The highest BCUT2D eigenvalue weighted by Crippen LogP contribution is 2.21. The largest absolute Gasteiger partial charge is 0.449 e. The summed E-state index contributed by atoms with van der Waals surface area (Å²) >= 11 is 1.49. The first-order valence-electron chi connectivity index (χ1n) is 10.00. The molecule has 7 nitrogen and oxygen atoms in total. The van der Waals surface area contributed by atoms with Crippen LogP contribution in [0.3, 0.4) is 0 Å². The number of esters is 1. The van der Waals surface area contributed by atoms with Gasteiger partial charge in [0.25, 0.3) is 5.91 Å². The molecule has 0 radical (unpaired) electrons. The molecule has 8 heteroatoms. The van der Waals surface area contributed by atoms with Crippen molar-refractivity contribution in [3.8, 4) is 5.69 Å². The first kappa shape index (κ1) is 22.6. The molecule has 1 heterocycles. The van der Waals surface area contributed by atoms with E-state index in [1.54, 1.807) is 12.1 Å². The smallest absolute Gasteiger partial charge is 0.338 e. The Morgan fingerprint density at radius 2 is 1.81 bits per heavy atom. The van der Waals surface area contributed by atoms with Crippen LogP contribution in [0.25, 0.3) is 5.69 Å². The fourth-order valence-electron chi connectivity index (χ4n) is 3.14. The third kappa shape index (κ3) is 4.96. The van der Waals surface area contributed by atoms with Gasteiger partial charge in [0.2, 0.25) is 0 Å². The topological polar surface area (TPSA) is 86.1 Å². The Morgan fingerprint density at radius 3 is 2.45 bits per heavy atom. The highest BCUT2D eigenvalue weighted by atomic mass is 32.2. The third-order valence-electron chi connectivity index (χ3n) is 5.11. The molecule has 3 aromatic rings. The number of benzene rings is 2. The predicted molar refractivity (Wildman–Crippen MR) is 122 cm³/mol. The van der Waals surface area contributed by atoms with Crippen LogP contribution in [0, 0.1) is 20.8 Å². The molecule has 1 aromatic heterocycles. The number of hydrogen-bond donors (Lipinski definition) is 1. The summed E-state index contributed by atoms with van der Waals surface area (Å²) in [6.45, 7) is 7.60. The molecule has 1 N–H and O–H groups in total. The van der Waals surface area contributed by atoms with Crippen LogP contribution in [0.2, 0.25) is 0 Å². The van der Waals surface area contributed by atoms with Crippen molar-refractivity contribution < 1.29 is 14.3 Å². The maximum atomic E-state index is 12.7. The van der Waals surface area contributed by atoms with Gasteiger partial charge in [-0.15, -0.1) is 10.2 Å². The summed E-state index contributed by atoms with van der Waals surface area (Å²) < 4.78 is 7.41. The highest BCUT2D eigenvalue weighted by Gasteiger charge is 2.23. The predicted octanol–water partition coefficient (Wildman–Crippen LogP) is 4.49. The normalized spacial score (nSPS) is 11.8. The fraction of sp³-hybridized carbons (Fsp3) is 0.304. The number of aryl methyl sites for hydroxylation is 2. The SMILES string of the molecule is CCC(OC(=O)c1ccc(-n2c(C)nnc2SC)cc1)C(=O)Nc1cccc(C)c1C. The maximum Gasteiger partial charge on any atom is 0.338 e. The summed E-state index contributed by atoms with van der Waals surface area (Å²) in [5.74, 6) is -0.125. The fourth-order valence-corrected chi connectivity index (χ4v) is 3.68. The lowest BCUT2D eigenvalue weighted by atomic mass is 10.1. The first-order chi connectivity index (χ1) is 14.8. The van der Waals surface area contributed by atoms with Gasteiger partial charge in [-0.3, -0.25) is 9.36 Å². The summed E-state index contributed by atoms with van der Waals surface area (Å²) in [7, 11) is 0. The van der Waals surface area contributed by atoms with Gasteiger partial charge in [0.15, 0.2) is 11.3 Å². The van der Waals surface area contributed by atoms with Crippen molar-refractivity contribution >= 4 is 29.3 Å². The van der Waals surface area contributed by atoms with Crippen LogP contribution < -0.4 is 5.32 Å². The van der Waals surface area contributed by atoms with Crippen LogP contribution in [0.15, 0.2) is 47.6 Å². The molecule has 31 heavy (non-hydrogen) atoms. The molecular formula is C23H26N4O3S. The van der Waals surface area contributed by atoms with E-state index in [4.69, 9.17) is 4.74 Å². The minimum atomic E-state index is -0.879. The van der Waals surface area contributed by atoms with E-state index in [-0.39, 0.29) is 5.91 Å². The number of amides is 1. The molecule has 0 spiro atoms. The number of ether oxygens (including phenoxy) is 1. The lowest BCUT2D eigenvalue weighted by Gasteiger charge is -2.17. The second-order valence-corrected chi connectivity index (χ2v) is 7.93. The lowest BCUT2D eigenvalue weighted by molar-refractivity contribution is -0.124. The molecule has 0 aliphatic carbocycles. The Kier molecular flexibility index (Phi) is 7.12. The van der Waals surface area contributed by atoms with Gasteiger partial charge in [0.05, 0.1) is 5.56 Å². The van der Waals surface area contributed by atoms with Crippen molar-refractivity contribution in [3.05, 3.63) is 65.0 Å². The molecule has 0 saturated heterocycles. The number of rotatable bonds is 7. The number of nitrogens with zero attached hydrogens (tertiary/aromatic N) is 3. The Balaban J connectivity index is 1.71. The summed E-state index contributed by atoms with van der Waals surface area (Å²) in [6, 6.07) is 12.7. The monoisotopic (exact) mass is 438 g/mol. The Bertz CT molecular complexity index is 1090. The van der Waals surface area contributed by atoms with Gasteiger partial charge in [0, 0.05) is 11.4 Å². The van der Waals surface area contributed by atoms with Gasteiger partial charge in [-0.25, -0.2) is 4.79 Å². The third-order valence-corrected chi connectivity index (χ3v) is 5.74. The Hall–Kier alpha value is -3.13. The van der Waals surface area contributed by atoms with E-state index in [1.165, 1.54) is 11.8 Å². The summed E-state index contributed by atoms with van der Waals surface area (Å²) in [4.78, 5) is 25.3. The number of aromatic nitrogens is 3. The standard InChI is InChI=1S/C23H26N4O3S/c1-6-20(21(28)24-19-9-7-8-14(2)15(19)3)30-22(29)17-10-12-18(13-11-17)27-16(4)25-26-23(27)31-5/h7-13,20H,6H2,1-5H3,(H,24,28). The molecular weight excluding hydrogens is 412 g/mol. The van der Waals surface area contributed by atoms with E-state index in [0.29, 0.717) is 12.0 Å². The molecule has 162 valence electrons. The molecule has 0 aliphatic rings. The molecule has 2 aromatic carbocycles. The van der Waals surface area contributed by atoms with Crippen molar-refractivity contribution in [2.75, 3.05) is 11.6 Å². The minimum Gasteiger partial charge on any atom is -0.449 e. The number of hydrogen-bond acceptors (Lipinski definition) is 6. The van der Waals surface area contributed by atoms with Crippen LogP contribution >= 0.6 is 11.8 Å². The van der Waals surface area contributed by atoms with Crippen LogP contribution in [-0.2, 0) is 9.53 Å². The van der Waals surface area contributed by atoms with Gasteiger partial charge in [-0.05, 0) is 74.9 Å². The van der Waals surface area contributed by atoms with Crippen LogP contribution in [0.1, 0.15) is 40.7 Å². The second kappa shape index (κ2) is 9.78. The Labute approximate surface area is 186 Å². The molecule has 0 saturated carbocycles. The second-order valence-electron chi connectivity index (χ2n) is 7.16. The molecule has 0 aliphatic heterocycles. The van der Waals surface area contributed by atoms with Crippen molar-refractivity contribution in [2.45, 2.75) is 45.4 Å². The van der Waals surface area contributed by atoms with E-state index >= 15 is 0 Å². The van der Waals surface area contributed by atoms with Crippen LogP contribution in [0.4, 0.5) is 5.69 Å². The van der Waals surface area contributed by atoms with Gasteiger partial charge < -0.3 is 10.1 Å². The lowest BCUT2D eigenvalue weighted by Crippen LogP contribution is -2.32. The molecule has 0 bridgehead atoms.